The first-order valence-electron chi connectivity index (χ1n) is 4.27. The minimum atomic E-state index is -0.699. The van der Waals surface area contributed by atoms with Crippen LogP contribution in [0.3, 0.4) is 0 Å². The minimum absolute atomic E-state index is 0.109. The van der Waals surface area contributed by atoms with Crippen molar-refractivity contribution in [2.75, 3.05) is 0 Å². The van der Waals surface area contributed by atoms with Crippen LogP contribution in [0, 0.1) is 11.6 Å². The fourth-order valence-corrected chi connectivity index (χ4v) is 1.31. The summed E-state index contributed by atoms with van der Waals surface area (Å²) < 4.78 is 25.8. The van der Waals surface area contributed by atoms with E-state index in [-0.39, 0.29) is 17.0 Å². The van der Waals surface area contributed by atoms with Crippen molar-refractivity contribution < 1.29 is 13.9 Å². The number of rotatable bonds is 1. The maximum absolute atomic E-state index is 12.9. The van der Waals surface area contributed by atoms with Crippen molar-refractivity contribution in [3.05, 3.63) is 48.2 Å². The molecule has 4 heteroatoms. The summed E-state index contributed by atoms with van der Waals surface area (Å²) in [5, 5.41) is 9.44. The maximum Gasteiger partial charge on any atom is 0.141 e. The molecule has 15 heavy (non-hydrogen) atoms. The molecule has 76 valence electrons. The van der Waals surface area contributed by atoms with Gasteiger partial charge in [0.15, 0.2) is 0 Å². The molecule has 2 aromatic rings. The molecule has 1 N–H and O–H groups in total. The van der Waals surface area contributed by atoms with Crippen molar-refractivity contribution in [1.29, 1.82) is 0 Å². The van der Waals surface area contributed by atoms with Crippen LogP contribution in [0.5, 0.6) is 5.75 Å². The monoisotopic (exact) mass is 207 g/mol. The van der Waals surface area contributed by atoms with Gasteiger partial charge in [-0.15, -0.1) is 0 Å². The number of halogens is 2. The van der Waals surface area contributed by atoms with Gasteiger partial charge < -0.3 is 5.11 Å². The van der Waals surface area contributed by atoms with E-state index in [9.17, 15) is 13.9 Å². The number of hydrogen-bond acceptors (Lipinski definition) is 2. The number of benzene rings is 1. The normalized spacial score (nSPS) is 10.3. The van der Waals surface area contributed by atoms with Gasteiger partial charge in [-0.25, -0.2) is 8.78 Å². The molecule has 0 atom stereocenters. The first kappa shape index (κ1) is 9.58. The average Bonchev–Trinajstić information content (AvgIpc) is 2.16. The van der Waals surface area contributed by atoms with Gasteiger partial charge in [-0.1, -0.05) is 0 Å². The second-order valence-electron chi connectivity index (χ2n) is 3.03. The Hall–Kier alpha value is -1.97. The van der Waals surface area contributed by atoms with E-state index in [1.54, 1.807) is 0 Å². The summed E-state index contributed by atoms with van der Waals surface area (Å²) in [6, 6.07) is 5.94. The van der Waals surface area contributed by atoms with Gasteiger partial charge in [-0.05, 0) is 24.3 Å². The van der Waals surface area contributed by atoms with Crippen molar-refractivity contribution in [3.63, 3.8) is 0 Å². The van der Waals surface area contributed by atoms with Crippen LogP contribution in [0.1, 0.15) is 0 Å². The van der Waals surface area contributed by atoms with Crippen LogP contribution in [0.2, 0.25) is 0 Å². The quantitative estimate of drug-likeness (QED) is 0.779. The van der Waals surface area contributed by atoms with Gasteiger partial charge in [0.2, 0.25) is 0 Å². The molecule has 1 aromatic heterocycles. The topological polar surface area (TPSA) is 33.1 Å². The number of hydrogen-bond donors (Lipinski definition) is 1. The highest BCUT2D eigenvalue weighted by Gasteiger charge is 2.07. The van der Waals surface area contributed by atoms with Crippen molar-refractivity contribution in [2.45, 2.75) is 0 Å². The third-order valence-corrected chi connectivity index (χ3v) is 1.92. The molecule has 0 bridgehead atoms. The van der Waals surface area contributed by atoms with E-state index in [1.807, 2.05) is 0 Å². The lowest BCUT2D eigenvalue weighted by Gasteiger charge is -2.03. The van der Waals surface area contributed by atoms with Gasteiger partial charge in [0.1, 0.15) is 23.1 Å². The largest absolute Gasteiger partial charge is 0.506 e. The average molecular weight is 207 g/mol. The molecule has 0 spiro atoms. The Labute approximate surface area is 84.8 Å². The first-order valence-corrected chi connectivity index (χ1v) is 4.27. The highest BCUT2D eigenvalue weighted by molar-refractivity contribution is 5.65. The third kappa shape index (κ3) is 1.93. The summed E-state index contributed by atoms with van der Waals surface area (Å²) >= 11 is 0. The van der Waals surface area contributed by atoms with E-state index in [4.69, 9.17) is 0 Å². The zero-order valence-electron chi connectivity index (χ0n) is 7.61. The summed E-state index contributed by atoms with van der Waals surface area (Å²) in [4.78, 5) is 3.85. The predicted octanol–water partition coefficient (Wildman–Crippen LogP) is 2.73. The van der Waals surface area contributed by atoms with Gasteiger partial charge in [-0.3, -0.25) is 4.98 Å². The Kier molecular flexibility index (Phi) is 2.33. The second kappa shape index (κ2) is 3.65. The van der Waals surface area contributed by atoms with Crippen LogP contribution in [0.15, 0.2) is 36.5 Å². The number of aromatic nitrogens is 1. The molecule has 0 saturated heterocycles. The van der Waals surface area contributed by atoms with Crippen LogP contribution >= 0.6 is 0 Å². The molecule has 0 aliphatic heterocycles. The summed E-state index contributed by atoms with van der Waals surface area (Å²) in [5.41, 5.74) is 0.376. The standard InChI is InChI=1S/C11H7F2NO/c12-8-4-7(5-9(13)6-8)11-10(15)2-1-3-14-11/h1-6,15H. The first-order chi connectivity index (χ1) is 7.16. The molecule has 0 aliphatic rings. The third-order valence-electron chi connectivity index (χ3n) is 1.92. The van der Waals surface area contributed by atoms with E-state index in [0.717, 1.165) is 18.2 Å². The molecule has 1 heterocycles. The molecule has 2 rings (SSSR count). The molecule has 0 amide bonds. The summed E-state index contributed by atoms with van der Waals surface area (Å²) in [6.07, 6.45) is 1.44. The summed E-state index contributed by atoms with van der Waals surface area (Å²) in [5.74, 6) is -1.51. The smallest absolute Gasteiger partial charge is 0.141 e. The second-order valence-corrected chi connectivity index (χ2v) is 3.03. The Morgan fingerprint density at radius 3 is 2.33 bits per heavy atom. The lowest BCUT2D eigenvalue weighted by molar-refractivity contribution is 0.475. The summed E-state index contributed by atoms with van der Waals surface area (Å²) in [6.45, 7) is 0. The van der Waals surface area contributed by atoms with Gasteiger partial charge in [-0.2, -0.15) is 0 Å². The van der Waals surface area contributed by atoms with Crippen molar-refractivity contribution in [2.24, 2.45) is 0 Å². The van der Waals surface area contributed by atoms with Crippen molar-refractivity contribution in [1.82, 2.24) is 4.98 Å². The minimum Gasteiger partial charge on any atom is -0.506 e. The lowest BCUT2D eigenvalue weighted by Crippen LogP contribution is -1.87. The molecule has 0 unspecified atom stereocenters. The lowest BCUT2D eigenvalue weighted by atomic mass is 10.1. The fourth-order valence-electron chi connectivity index (χ4n) is 1.31. The SMILES string of the molecule is Oc1cccnc1-c1cc(F)cc(F)c1. The van der Waals surface area contributed by atoms with Gasteiger partial charge in [0, 0.05) is 17.8 Å². The summed E-state index contributed by atoms with van der Waals surface area (Å²) in [7, 11) is 0. The number of pyridine rings is 1. The molecule has 0 aliphatic carbocycles. The molecular weight excluding hydrogens is 200 g/mol. The molecule has 2 nitrogen and oxygen atoms in total. The van der Waals surface area contributed by atoms with Crippen LogP contribution in [-0.2, 0) is 0 Å². The molecule has 0 saturated carbocycles. The van der Waals surface area contributed by atoms with E-state index in [1.165, 1.54) is 18.3 Å². The van der Waals surface area contributed by atoms with Crippen LogP contribution in [0.25, 0.3) is 11.3 Å². The van der Waals surface area contributed by atoms with Crippen LogP contribution in [0.4, 0.5) is 8.78 Å². The van der Waals surface area contributed by atoms with E-state index in [0.29, 0.717) is 0 Å². The molecular formula is C11H7F2NO. The Balaban J connectivity index is 2.59. The van der Waals surface area contributed by atoms with Gasteiger partial charge in [0.25, 0.3) is 0 Å². The number of nitrogens with zero attached hydrogens (tertiary/aromatic N) is 1. The molecule has 1 aromatic carbocycles. The van der Waals surface area contributed by atoms with Crippen molar-refractivity contribution in [3.8, 4) is 17.0 Å². The Morgan fingerprint density at radius 1 is 1.07 bits per heavy atom. The van der Waals surface area contributed by atoms with Crippen LogP contribution < -0.4 is 0 Å². The Morgan fingerprint density at radius 2 is 1.73 bits per heavy atom. The van der Waals surface area contributed by atoms with E-state index < -0.39 is 11.6 Å². The van der Waals surface area contributed by atoms with Gasteiger partial charge >= 0.3 is 0 Å². The highest BCUT2D eigenvalue weighted by Crippen LogP contribution is 2.27. The fraction of sp³-hybridized carbons (Fsp3) is 0. The Bertz CT molecular complexity index is 479. The maximum atomic E-state index is 12.9. The van der Waals surface area contributed by atoms with E-state index in [2.05, 4.69) is 4.98 Å². The van der Waals surface area contributed by atoms with E-state index >= 15 is 0 Å². The highest BCUT2D eigenvalue weighted by atomic mass is 19.1. The van der Waals surface area contributed by atoms with Crippen molar-refractivity contribution >= 4 is 0 Å². The number of aromatic hydroxyl groups is 1. The van der Waals surface area contributed by atoms with Gasteiger partial charge in [0.05, 0.1) is 0 Å². The van der Waals surface area contributed by atoms with Crippen LogP contribution in [-0.4, -0.2) is 10.1 Å². The zero-order valence-corrected chi connectivity index (χ0v) is 7.61. The molecule has 0 fully saturated rings. The zero-order chi connectivity index (χ0) is 10.8. The predicted molar refractivity (Wildman–Crippen MR) is 51.3 cm³/mol. The molecule has 0 radical (unpaired) electrons.